The zero-order chi connectivity index (χ0) is 28.3. The molecule has 3 N–H and O–H groups in total. The Hall–Kier alpha value is -3.54. The number of rotatable bonds is 7. The van der Waals surface area contributed by atoms with E-state index < -0.39 is 11.6 Å². The molecule has 40 heavy (non-hydrogen) atoms. The highest BCUT2D eigenvalue weighted by Crippen LogP contribution is 2.35. The van der Waals surface area contributed by atoms with Gasteiger partial charge in [-0.15, -0.1) is 0 Å². The molecule has 8 nitrogen and oxygen atoms in total. The number of carbonyl (C=O) groups is 3. The molecule has 210 valence electrons. The first-order valence-electron chi connectivity index (χ1n) is 14.3. The van der Waals surface area contributed by atoms with E-state index in [4.69, 9.17) is 15.2 Å². The SMILES string of the molecule is CC1CCC(=O)Oc2ccc(CCC3CCc4cc(CC(C#N)NC(=O)C5(N)CCOCC5)ccc4C3=O)cc21. The van der Waals surface area contributed by atoms with Crippen molar-refractivity contribution < 1.29 is 23.9 Å². The molecule has 2 aromatic rings. The maximum absolute atomic E-state index is 13.4. The van der Waals surface area contributed by atoms with E-state index in [1.807, 2.05) is 30.3 Å². The number of aryl methyl sites for hydroxylation is 2. The fourth-order valence-corrected chi connectivity index (χ4v) is 6.04. The van der Waals surface area contributed by atoms with E-state index in [-0.39, 0.29) is 29.5 Å². The van der Waals surface area contributed by atoms with E-state index in [0.29, 0.717) is 44.6 Å². The number of amides is 1. The minimum absolute atomic E-state index is 0.0428. The van der Waals surface area contributed by atoms with Crippen molar-refractivity contribution in [1.82, 2.24) is 5.32 Å². The normalized spacial score (nSPS) is 22.6. The summed E-state index contributed by atoms with van der Waals surface area (Å²) in [5, 5.41) is 12.5. The lowest BCUT2D eigenvalue weighted by molar-refractivity contribution is -0.134. The molecule has 0 saturated carbocycles. The lowest BCUT2D eigenvalue weighted by Crippen LogP contribution is -2.58. The number of ether oxygens (including phenoxy) is 2. The molecule has 3 atom stereocenters. The smallest absolute Gasteiger partial charge is 0.311 e. The Balaban J connectivity index is 1.20. The van der Waals surface area contributed by atoms with Gasteiger partial charge < -0.3 is 20.5 Å². The van der Waals surface area contributed by atoms with Crippen LogP contribution in [0.3, 0.4) is 0 Å². The first-order chi connectivity index (χ1) is 19.3. The third kappa shape index (κ3) is 6.11. The number of fused-ring (bicyclic) bond motifs is 2. The van der Waals surface area contributed by atoms with Crippen molar-refractivity contribution in [2.75, 3.05) is 13.2 Å². The molecule has 8 heteroatoms. The fraction of sp³-hybridized carbons (Fsp3) is 0.500. The van der Waals surface area contributed by atoms with Gasteiger partial charge in [0, 0.05) is 37.5 Å². The maximum atomic E-state index is 13.4. The summed E-state index contributed by atoms with van der Waals surface area (Å²) in [6, 6.07) is 13.3. The van der Waals surface area contributed by atoms with Crippen LogP contribution < -0.4 is 15.8 Å². The number of nitrogens with two attached hydrogens (primary N) is 1. The van der Waals surface area contributed by atoms with Gasteiger partial charge in [-0.1, -0.05) is 37.3 Å². The molecule has 1 amide bonds. The number of nitrogens with zero attached hydrogens (tertiary/aromatic N) is 1. The number of nitriles is 1. The van der Waals surface area contributed by atoms with E-state index in [0.717, 1.165) is 59.9 Å². The number of benzene rings is 2. The van der Waals surface area contributed by atoms with E-state index in [1.54, 1.807) is 0 Å². The largest absolute Gasteiger partial charge is 0.426 e. The molecule has 1 saturated heterocycles. The molecule has 2 heterocycles. The summed E-state index contributed by atoms with van der Waals surface area (Å²) in [5.41, 5.74) is 10.2. The third-order valence-electron chi connectivity index (χ3n) is 8.70. The molecule has 0 spiro atoms. The summed E-state index contributed by atoms with van der Waals surface area (Å²) < 4.78 is 10.8. The monoisotopic (exact) mass is 543 g/mol. The lowest BCUT2D eigenvalue weighted by Gasteiger charge is -2.32. The Morgan fingerprint density at radius 2 is 1.90 bits per heavy atom. The van der Waals surface area contributed by atoms with E-state index in [9.17, 15) is 19.6 Å². The van der Waals surface area contributed by atoms with Crippen LogP contribution in [0.25, 0.3) is 0 Å². The van der Waals surface area contributed by atoms with Gasteiger partial charge in [-0.2, -0.15) is 5.26 Å². The van der Waals surface area contributed by atoms with Crippen molar-refractivity contribution in [2.24, 2.45) is 11.7 Å². The maximum Gasteiger partial charge on any atom is 0.311 e. The summed E-state index contributed by atoms with van der Waals surface area (Å²) in [4.78, 5) is 38.0. The highest BCUT2D eigenvalue weighted by Gasteiger charge is 2.37. The van der Waals surface area contributed by atoms with Gasteiger partial charge in [0.25, 0.3) is 0 Å². The predicted octanol–water partition coefficient (Wildman–Crippen LogP) is 3.93. The average molecular weight is 544 g/mol. The van der Waals surface area contributed by atoms with E-state index in [2.05, 4.69) is 24.4 Å². The Morgan fingerprint density at radius 1 is 1.12 bits per heavy atom. The first kappa shape index (κ1) is 28.0. The van der Waals surface area contributed by atoms with Crippen LogP contribution in [0.2, 0.25) is 0 Å². The van der Waals surface area contributed by atoms with Crippen LogP contribution in [0.1, 0.15) is 84.0 Å². The van der Waals surface area contributed by atoms with Crippen LogP contribution >= 0.6 is 0 Å². The molecule has 0 radical (unpaired) electrons. The second-order valence-corrected chi connectivity index (χ2v) is 11.5. The topological polar surface area (TPSA) is 132 Å². The standard InChI is InChI=1S/C32H37N3O5/c1-20-2-11-29(36)40-28-10-5-21(18-27(20)28)3-6-23-7-8-24-16-22(4-9-26(24)30(23)37)17-25(19-33)35-31(38)32(34)12-14-39-15-13-32/h4-5,9-10,16,18,20,23,25H,2-3,6-8,11-15,17,34H2,1H3,(H,35,38). The summed E-state index contributed by atoms with van der Waals surface area (Å²) >= 11 is 0. The van der Waals surface area contributed by atoms with Crippen LogP contribution in [0.4, 0.5) is 0 Å². The van der Waals surface area contributed by atoms with E-state index in [1.165, 1.54) is 0 Å². The minimum Gasteiger partial charge on any atom is -0.426 e. The van der Waals surface area contributed by atoms with Crippen molar-refractivity contribution >= 4 is 17.7 Å². The zero-order valence-electron chi connectivity index (χ0n) is 23.0. The Kier molecular flexibility index (Phi) is 8.34. The quantitative estimate of drug-likeness (QED) is 0.400. The second kappa shape index (κ2) is 11.9. The van der Waals surface area contributed by atoms with Crippen LogP contribution in [0.5, 0.6) is 5.75 Å². The van der Waals surface area contributed by atoms with Gasteiger partial charge in [-0.25, -0.2) is 0 Å². The van der Waals surface area contributed by atoms with Gasteiger partial charge in [0.2, 0.25) is 5.91 Å². The number of esters is 1. The molecule has 1 fully saturated rings. The van der Waals surface area contributed by atoms with Crippen molar-refractivity contribution in [3.8, 4) is 11.8 Å². The molecule has 0 aromatic heterocycles. The molecule has 2 aromatic carbocycles. The van der Waals surface area contributed by atoms with Gasteiger partial charge in [0.15, 0.2) is 5.78 Å². The number of hydrogen-bond acceptors (Lipinski definition) is 7. The van der Waals surface area contributed by atoms with Crippen LogP contribution in [-0.4, -0.2) is 42.5 Å². The fourth-order valence-electron chi connectivity index (χ4n) is 6.04. The summed E-state index contributed by atoms with van der Waals surface area (Å²) in [6.45, 7) is 2.99. The number of ketones is 1. The molecule has 2 aliphatic heterocycles. The van der Waals surface area contributed by atoms with Gasteiger partial charge in [-0.05, 0) is 79.2 Å². The Labute approximate surface area is 235 Å². The highest BCUT2D eigenvalue weighted by molar-refractivity contribution is 6.00. The van der Waals surface area contributed by atoms with Crippen LogP contribution in [-0.2, 0) is 33.6 Å². The zero-order valence-corrected chi connectivity index (χ0v) is 23.0. The Bertz CT molecular complexity index is 1340. The summed E-state index contributed by atoms with van der Waals surface area (Å²) in [5.74, 6) is 0.536. The number of nitrogens with one attached hydrogen (secondary N) is 1. The molecular formula is C32H37N3O5. The van der Waals surface area contributed by atoms with Crippen LogP contribution in [0, 0.1) is 17.2 Å². The van der Waals surface area contributed by atoms with Gasteiger partial charge in [-0.3, -0.25) is 14.4 Å². The van der Waals surface area contributed by atoms with Crippen LogP contribution in [0.15, 0.2) is 36.4 Å². The minimum atomic E-state index is -1.01. The second-order valence-electron chi connectivity index (χ2n) is 11.5. The predicted molar refractivity (Wildman–Crippen MR) is 149 cm³/mol. The average Bonchev–Trinajstić information content (AvgIpc) is 3.10. The van der Waals surface area contributed by atoms with Crippen molar-refractivity contribution in [3.05, 3.63) is 64.2 Å². The van der Waals surface area contributed by atoms with Crippen molar-refractivity contribution in [2.45, 2.75) is 82.2 Å². The van der Waals surface area contributed by atoms with Gasteiger partial charge in [0.1, 0.15) is 11.8 Å². The molecule has 3 aliphatic rings. The molecular weight excluding hydrogens is 506 g/mol. The first-order valence-corrected chi connectivity index (χ1v) is 14.3. The van der Waals surface area contributed by atoms with Gasteiger partial charge >= 0.3 is 5.97 Å². The highest BCUT2D eigenvalue weighted by atomic mass is 16.5. The lowest BCUT2D eigenvalue weighted by atomic mass is 9.79. The van der Waals surface area contributed by atoms with Crippen molar-refractivity contribution in [1.29, 1.82) is 5.26 Å². The van der Waals surface area contributed by atoms with Gasteiger partial charge in [0.05, 0.1) is 11.6 Å². The summed E-state index contributed by atoms with van der Waals surface area (Å²) in [7, 11) is 0. The number of carbonyl (C=O) groups excluding carboxylic acids is 3. The number of Topliss-reactive ketones (excluding diaryl/α,β-unsaturated/α-hetero) is 1. The number of hydrogen-bond donors (Lipinski definition) is 2. The molecule has 5 rings (SSSR count). The molecule has 0 bridgehead atoms. The van der Waals surface area contributed by atoms with E-state index >= 15 is 0 Å². The molecule has 1 aliphatic carbocycles. The summed E-state index contributed by atoms with van der Waals surface area (Å²) in [6.07, 6.45) is 5.55. The molecule has 3 unspecified atom stereocenters. The third-order valence-corrected chi connectivity index (χ3v) is 8.70. The Morgan fingerprint density at radius 3 is 2.67 bits per heavy atom. The van der Waals surface area contributed by atoms with Crippen molar-refractivity contribution in [3.63, 3.8) is 0 Å².